The van der Waals surface area contributed by atoms with Crippen molar-refractivity contribution >= 4 is 107 Å². The van der Waals surface area contributed by atoms with E-state index in [0.717, 1.165) is 114 Å². The third-order valence-corrected chi connectivity index (χ3v) is 15.6. The van der Waals surface area contributed by atoms with Gasteiger partial charge in [-0.2, -0.15) is 26.7 Å². The first kappa shape index (κ1) is 63.8. The molecule has 9 rings (SSSR count). The number of likely N-dealkylation sites (tertiary alicyclic amines) is 2. The summed E-state index contributed by atoms with van der Waals surface area (Å²) in [5, 5.41) is 11.4. The van der Waals surface area contributed by atoms with Crippen molar-refractivity contribution in [1.29, 1.82) is 0 Å². The van der Waals surface area contributed by atoms with Gasteiger partial charge in [-0.15, -0.1) is 0 Å². The number of anilines is 6. The van der Waals surface area contributed by atoms with E-state index in [0.29, 0.717) is 49.4 Å². The van der Waals surface area contributed by atoms with Gasteiger partial charge in [-0.1, -0.05) is 31.0 Å². The van der Waals surface area contributed by atoms with Crippen molar-refractivity contribution in [2.24, 2.45) is 11.8 Å². The number of ether oxygens (including phenoxy) is 2. The number of hydrogen-bond donors (Lipinski definition) is 4. The molecule has 7 heterocycles. The molecule has 0 radical (unpaired) electrons. The van der Waals surface area contributed by atoms with Gasteiger partial charge >= 0.3 is 25.4 Å². The Balaban J connectivity index is 0.000000202. The molecule has 4 aromatic rings. The molecule has 0 aliphatic carbocycles. The Hall–Kier alpha value is -5.41. The number of morpholine rings is 2. The lowest BCUT2D eigenvalue weighted by Gasteiger charge is -2.32. The molecule has 5 saturated heterocycles. The number of amides is 6. The first-order valence-corrected chi connectivity index (χ1v) is 28.1. The standard InChI is InChI=1S/C25H33N5O3.C20H28BF3N2O3.C11H14IN3O2.H2S/c1-4-19-7-8-30(16-19)25(32)27-21-6-5-17(2)22(15-21)20-13-23(26-18(3)31)28-24(14-20)29-9-11-33-12-10-29;1-13-6-7-15(10-16(13)21-28-18(2,3)19(4,5)29-21)25-17(27)26-9-8-14(12-26)11-20(22,23)24;1-8(16)13-10-6-9(12)7-11(14-10)15-2-4-17-5-3-15;/h5-6,13-15,19H,4,7-12,16H2,1-3H3,(H,27,32)(H,26,28,31);6-7,10,14H,8-9,11-12H2,1-5H3,(H,25,27);6-7H,2-5H2,1H3,(H,13,14,16);1H2/t19-;14-;;/m10../s1. The fraction of sp³-hybridized carbons (Fsp3) is 0.536. The van der Waals surface area contributed by atoms with E-state index in [1.807, 2.05) is 95.0 Å². The molecule has 18 nitrogen and oxygen atoms in total. The lowest BCUT2D eigenvalue weighted by molar-refractivity contribution is -0.143. The molecule has 5 aliphatic heterocycles. The van der Waals surface area contributed by atoms with E-state index < -0.39 is 42.9 Å². The number of alkyl halides is 3. The highest BCUT2D eigenvalue weighted by atomic mass is 127. The summed E-state index contributed by atoms with van der Waals surface area (Å²) in [6, 6.07) is 18.7. The monoisotopic (exact) mass is 1240 g/mol. The minimum absolute atomic E-state index is 0. The zero-order valence-electron chi connectivity index (χ0n) is 47.3. The maximum Gasteiger partial charge on any atom is 0.495 e. The lowest BCUT2D eigenvalue weighted by Crippen LogP contribution is -2.41. The molecule has 0 unspecified atom stereocenters. The van der Waals surface area contributed by atoms with Gasteiger partial charge in [0.25, 0.3) is 0 Å². The molecule has 0 bridgehead atoms. The Morgan fingerprint density at radius 1 is 0.662 bits per heavy atom. The summed E-state index contributed by atoms with van der Waals surface area (Å²) in [6.07, 6.45) is -2.53. The van der Waals surface area contributed by atoms with Crippen LogP contribution in [0.25, 0.3) is 11.1 Å². The molecule has 2 atom stereocenters. The molecule has 24 heteroatoms. The molecule has 80 heavy (non-hydrogen) atoms. The van der Waals surface area contributed by atoms with Crippen LogP contribution in [0.1, 0.15) is 85.3 Å². The van der Waals surface area contributed by atoms with Crippen molar-refractivity contribution < 1.29 is 51.1 Å². The van der Waals surface area contributed by atoms with Crippen LogP contribution in [0.4, 0.5) is 57.4 Å². The first-order valence-electron chi connectivity index (χ1n) is 27.0. The number of pyridine rings is 2. The second kappa shape index (κ2) is 28.0. The van der Waals surface area contributed by atoms with Crippen LogP contribution in [-0.4, -0.2) is 147 Å². The number of nitrogens with zero attached hydrogens (tertiary/aromatic N) is 6. The fourth-order valence-electron chi connectivity index (χ4n) is 9.77. The summed E-state index contributed by atoms with van der Waals surface area (Å²) in [4.78, 5) is 64.8. The molecule has 5 fully saturated rings. The summed E-state index contributed by atoms with van der Waals surface area (Å²) in [5.74, 6) is 2.59. The van der Waals surface area contributed by atoms with Crippen molar-refractivity contribution in [3.05, 3.63) is 75.4 Å². The summed E-state index contributed by atoms with van der Waals surface area (Å²) in [5.41, 5.74) is 5.15. The molecular formula is C56H77BF3IN10O8S. The summed E-state index contributed by atoms with van der Waals surface area (Å²) in [6.45, 7) is 25.0. The minimum Gasteiger partial charge on any atom is -0.399 e. The maximum absolute atomic E-state index is 12.8. The van der Waals surface area contributed by atoms with Crippen LogP contribution in [0, 0.1) is 29.3 Å². The van der Waals surface area contributed by atoms with E-state index in [1.165, 1.54) is 18.7 Å². The van der Waals surface area contributed by atoms with E-state index >= 15 is 0 Å². The second-order valence-electron chi connectivity index (χ2n) is 21.7. The van der Waals surface area contributed by atoms with Crippen LogP contribution in [-0.2, 0) is 28.4 Å². The molecule has 2 aromatic heterocycles. The molecule has 0 spiro atoms. The number of aromatic nitrogens is 2. The average Bonchev–Trinajstić information content (AvgIpc) is 4.13. The number of aryl methyl sites for hydroxylation is 2. The number of carbonyl (C=O) groups is 4. The number of rotatable bonds is 10. The number of halogens is 4. The van der Waals surface area contributed by atoms with Crippen LogP contribution >= 0.6 is 36.1 Å². The zero-order chi connectivity index (χ0) is 57.2. The lowest BCUT2D eigenvalue weighted by atomic mass is 9.76. The van der Waals surface area contributed by atoms with Crippen LogP contribution in [0.2, 0.25) is 0 Å². The number of nitrogens with one attached hydrogen (secondary N) is 4. The minimum atomic E-state index is -4.20. The molecule has 2 aromatic carbocycles. The highest BCUT2D eigenvalue weighted by Crippen LogP contribution is 2.38. The van der Waals surface area contributed by atoms with Crippen molar-refractivity contribution in [3.8, 4) is 11.1 Å². The highest BCUT2D eigenvalue weighted by Gasteiger charge is 2.52. The van der Waals surface area contributed by atoms with Crippen LogP contribution in [0.5, 0.6) is 0 Å². The quantitative estimate of drug-likeness (QED) is 0.0870. The molecule has 0 saturated carbocycles. The van der Waals surface area contributed by atoms with Gasteiger partial charge < -0.3 is 59.6 Å². The van der Waals surface area contributed by atoms with Gasteiger partial charge in [0, 0.05) is 87.6 Å². The normalized spacial score (nSPS) is 19.4. The predicted molar refractivity (Wildman–Crippen MR) is 322 cm³/mol. The number of benzene rings is 2. The van der Waals surface area contributed by atoms with Gasteiger partial charge in [0.1, 0.15) is 23.3 Å². The molecule has 436 valence electrons. The molecule has 6 amide bonds. The van der Waals surface area contributed by atoms with E-state index in [-0.39, 0.29) is 37.9 Å². The third kappa shape index (κ3) is 17.8. The van der Waals surface area contributed by atoms with Gasteiger partial charge in [-0.25, -0.2) is 19.6 Å². The van der Waals surface area contributed by atoms with Gasteiger partial charge in [-0.05, 0) is 159 Å². The summed E-state index contributed by atoms with van der Waals surface area (Å²) >= 11 is 2.22. The smallest absolute Gasteiger partial charge is 0.399 e. The van der Waals surface area contributed by atoms with E-state index in [4.69, 9.17) is 18.8 Å². The van der Waals surface area contributed by atoms with Gasteiger partial charge in [0.05, 0.1) is 37.6 Å². The third-order valence-electron chi connectivity index (χ3n) is 14.9. The first-order chi connectivity index (χ1) is 37.3. The fourth-order valence-corrected chi connectivity index (χ4v) is 10.3. The maximum atomic E-state index is 12.8. The summed E-state index contributed by atoms with van der Waals surface area (Å²) < 4.78 is 61.8. The van der Waals surface area contributed by atoms with Gasteiger partial charge in [0.15, 0.2) is 0 Å². The number of urea groups is 2. The Morgan fingerprint density at radius 3 is 1.64 bits per heavy atom. The largest absolute Gasteiger partial charge is 0.495 e. The number of hydrogen-bond acceptors (Lipinski definition) is 12. The van der Waals surface area contributed by atoms with Gasteiger partial charge in [-0.3, -0.25) is 9.59 Å². The Bertz CT molecular complexity index is 2790. The van der Waals surface area contributed by atoms with E-state index in [9.17, 15) is 32.3 Å². The Morgan fingerprint density at radius 2 is 1.14 bits per heavy atom. The Labute approximate surface area is 489 Å². The SMILES string of the molecule is CC(=O)Nc1cc(I)cc(N2CCOCC2)n1.CC[C@@H]1CCN(C(=O)Nc2ccc(C)c(-c3cc(NC(C)=O)nc(N4CCOCC4)c3)c2)C1.Cc1ccc(NC(=O)N2CC[C@@H](CC(F)(F)F)C2)cc1B1OC(C)(C)C(C)(C)O1.S. The summed E-state index contributed by atoms with van der Waals surface area (Å²) in [7, 11) is -0.556. The topological polar surface area (TPSA) is 192 Å². The highest BCUT2D eigenvalue weighted by molar-refractivity contribution is 14.1. The van der Waals surface area contributed by atoms with Gasteiger partial charge in [0.2, 0.25) is 11.8 Å². The average molecular weight is 1250 g/mol. The van der Waals surface area contributed by atoms with Crippen molar-refractivity contribution in [2.75, 3.05) is 110 Å². The van der Waals surface area contributed by atoms with Crippen molar-refractivity contribution in [2.45, 2.75) is 105 Å². The van der Waals surface area contributed by atoms with E-state index in [2.05, 4.69) is 70.5 Å². The van der Waals surface area contributed by atoms with Crippen molar-refractivity contribution in [1.82, 2.24) is 19.8 Å². The molecule has 4 N–H and O–H groups in total. The van der Waals surface area contributed by atoms with Crippen LogP contribution < -0.4 is 36.5 Å². The second-order valence-corrected chi connectivity index (χ2v) is 22.9. The van der Waals surface area contributed by atoms with E-state index in [1.54, 1.807) is 12.1 Å². The van der Waals surface area contributed by atoms with Crippen molar-refractivity contribution in [3.63, 3.8) is 0 Å². The molecular weight excluding hydrogens is 1170 g/mol. The Kier molecular flexibility index (Phi) is 22.4. The number of carbonyl (C=O) groups excluding carboxylic acids is 4. The predicted octanol–water partition coefficient (Wildman–Crippen LogP) is 9.81. The van der Waals surface area contributed by atoms with Crippen LogP contribution in [0.3, 0.4) is 0 Å². The van der Waals surface area contributed by atoms with Crippen LogP contribution in [0.15, 0.2) is 60.7 Å². The zero-order valence-corrected chi connectivity index (χ0v) is 50.4. The molecule has 5 aliphatic rings.